The van der Waals surface area contributed by atoms with Crippen molar-refractivity contribution in [1.29, 1.82) is 0 Å². The van der Waals surface area contributed by atoms with Gasteiger partial charge in [0.15, 0.2) is 17.6 Å². The predicted molar refractivity (Wildman–Crippen MR) is 100 cm³/mol. The molecule has 4 aliphatic rings. The minimum absolute atomic E-state index is 0.158. The van der Waals surface area contributed by atoms with Gasteiger partial charge in [0.25, 0.3) is 0 Å². The van der Waals surface area contributed by atoms with Gasteiger partial charge in [-0.2, -0.15) is 0 Å². The van der Waals surface area contributed by atoms with Crippen LogP contribution < -0.4 is 9.47 Å². The van der Waals surface area contributed by atoms with E-state index in [0.29, 0.717) is 37.4 Å². The Balaban J connectivity index is 1.87. The average molecular weight is 396 g/mol. The summed E-state index contributed by atoms with van der Waals surface area (Å²) in [5.74, 6) is 0.917. The molecular weight excluding hydrogens is 370 g/mol. The first-order valence-corrected chi connectivity index (χ1v) is 9.99. The quantitative estimate of drug-likeness (QED) is 0.339. The van der Waals surface area contributed by atoms with E-state index in [9.17, 15) is 5.21 Å². The maximum atomic E-state index is 13.5. The second-order valence-corrected chi connectivity index (χ2v) is 8.92. The molecule has 5 rings (SSSR count). The fraction of sp³-hybridized carbons (Fsp3) is 0.700. The summed E-state index contributed by atoms with van der Waals surface area (Å²) < 4.78 is 23.8. The number of likely N-dealkylation sites (tertiary alicyclic amines) is 1. The molecule has 1 aromatic rings. The van der Waals surface area contributed by atoms with Crippen LogP contribution in [-0.4, -0.2) is 63.4 Å². The summed E-state index contributed by atoms with van der Waals surface area (Å²) in [4.78, 5) is 0. The van der Waals surface area contributed by atoms with Gasteiger partial charge in [-0.25, -0.2) is 0 Å². The van der Waals surface area contributed by atoms with Gasteiger partial charge in [0.1, 0.15) is 6.04 Å². The number of hydrogen-bond donors (Lipinski definition) is 0. The largest absolute Gasteiger partial charge is 0.633 e. The molecule has 5 atom stereocenters. The van der Waals surface area contributed by atoms with E-state index in [2.05, 4.69) is 6.07 Å². The Morgan fingerprint density at radius 3 is 2.67 bits per heavy atom. The minimum atomic E-state index is -0.941. The van der Waals surface area contributed by atoms with Crippen LogP contribution in [0.25, 0.3) is 0 Å². The number of quaternary nitrogens is 1. The van der Waals surface area contributed by atoms with Crippen molar-refractivity contribution in [3.8, 4) is 11.5 Å². The van der Waals surface area contributed by atoms with Crippen LogP contribution >= 0.6 is 11.6 Å². The van der Waals surface area contributed by atoms with Gasteiger partial charge in [-0.05, 0) is 11.6 Å². The molecule has 1 spiro atoms. The van der Waals surface area contributed by atoms with E-state index in [1.807, 2.05) is 6.07 Å². The van der Waals surface area contributed by atoms with Gasteiger partial charge in [-0.3, -0.25) is 0 Å². The summed E-state index contributed by atoms with van der Waals surface area (Å²) in [6, 6.07) is 3.86. The monoisotopic (exact) mass is 395 g/mol. The summed E-state index contributed by atoms with van der Waals surface area (Å²) in [6.07, 6.45) is 1.58. The van der Waals surface area contributed by atoms with E-state index in [1.165, 1.54) is 11.1 Å². The predicted octanol–water partition coefficient (Wildman–Crippen LogP) is 2.58. The fourth-order valence-electron chi connectivity index (χ4n) is 6.85. The molecule has 148 valence electrons. The molecule has 2 aliphatic carbocycles. The Bertz CT molecular complexity index is 810. The number of halogens is 1. The van der Waals surface area contributed by atoms with Crippen molar-refractivity contribution in [2.75, 3.05) is 40.8 Å². The molecule has 0 amide bonds. The molecule has 2 fully saturated rings. The van der Waals surface area contributed by atoms with Gasteiger partial charge in [-0.15, -0.1) is 11.6 Å². The molecule has 2 heterocycles. The summed E-state index contributed by atoms with van der Waals surface area (Å²) in [5, 5.41) is 13.5. The van der Waals surface area contributed by atoms with E-state index < -0.39 is 16.6 Å². The van der Waals surface area contributed by atoms with Crippen LogP contribution in [0.4, 0.5) is 0 Å². The lowest BCUT2D eigenvalue weighted by molar-refractivity contribution is -0.903. The van der Waals surface area contributed by atoms with Crippen LogP contribution in [0.5, 0.6) is 11.5 Å². The zero-order valence-corrected chi connectivity index (χ0v) is 17.0. The first kappa shape index (κ1) is 18.0. The molecular formula is C20H26ClNO5. The minimum Gasteiger partial charge on any atom is -0.633 e. The third-order valence-electron chi connectivity index (χ3n) is 8.00. The molecule has 0 N–H and O–H groups in total. The van der Waals surface area contributed by atoms with Crippen molar-refractivity contribution in [3.63, 3.8) is 0 Å². The maximum absolute atomic E-state index is 13.5. The lowest BCUT2D eigenvalue weighted by atomic mass is 9.50. The second kappa shape index (κ2) is 5.30. The van der Waals surface area contributed by atoms with Crippen LogP contribution in [0.1, 0.15) is 24.0 Å². The zero-order chi connectivity index (χ0) is 19.2. The molecule has 1 saturated carbocycles. The van der Waals surface area contributed by atoms with Crippen molar-refractivity contribution < 1.29 is 23.6 Å². The molecule has 1 saturated heterocycles. The molecule has 0 radical (unpaired) electrons. The molecule has 2 bridgehead atoms. The summed E-state index contributed by atoms with van der Waals surface area (Å²) in [7, 11) is 6.74. The van der Waals surface area contributed by atoms with E-state index in [4.69, 9.17) is 30.5 Å². The Morgan fingerprint density at radius 1 is 1.30 bits per heavy atom. The SMILES string of the molecule is COc1ccc2c3c1O[C@H]1C(OC)(OC)C[C@@]4(CCl)[C@H](C2)[N@@+](C)([O-])CC[C@]314. The first-order chi connectivity index (χ1) is 12.9. The molecule has 1 aromatic carbocycles. The Labute approximate surface area is 164 Å². The van der Waals surface area contributed by atoms with Crippen LogP contribution in [0.2, 0.25) is 0 Å². The van der Waals surface area contributed by atoms with Crippen LogP contribution in [0.15, 0.2) is 12.1 Å². The number of piperidine rings is 1. The number of nitrogens with zero attached hydrogens (tertiary/aromatic N) is 1. The Hall–Kier alpha value is -1.05. The highest BCUT2D eigenvalue weighted by Gasteiger charge is 2.82. The zero-order valence-electron chi connectivity index (χ0n) is 16.2. The van der Waals surface area contributed by atoms with E-state index in [1.54, 1.807) is 28.4 Å². The smallest absolute Gasteiger partial charge is 0.207 e. The third-order valence-corrected chi connectivity index (χ3v) is 8.47. The Kier molecular flexibility index (Phi) is 3.54. The van der Waals surface area contributed by atoms with Crippen LogP contribution in [0, 0.1) is 10.6 Å². The molecule has 2 aliphatic heterocycles. The standard InChI is InChI=1S/C20H26ClNO5/c1-22(23)8-7-19-15-12-5-6-13(24-2)16(15)27-17(19)20(25-3,26-4)10-18(19,11-21)14(22)9-12/h5-6,14,17H,7-11H2,1-4H3/t14-,17+,18+,19-,22-/m0/s1. The number of likely N-dealkylation sites (N-methyl/N-ethyl adjacent to an activating group) is 1. The van der Waals surface area contributed by atoms with Gasteiger partial charge >= 0.3 is 0 Å². The lowest BCUT2D eigenvalue weighted by Crippen LogP contribution is -2.71. The van der Waals surface area contributed by atoms with Gasteiger partial charge in [0.05, 0.1) is 31.5 Å². The highest BCUT2D eigenvalue weighted by molar-refractivity contribution is 6.18. The van der Waals surface area contributed by atoms with Gasteiger partial charge in [0, 0.05) is 44.9 Å². The van der Waals surface area contributed by atoms with E-state index in [0.717, 1.165) is 5.75 Å². The van der Waals surface area contributed by atoms with Crippen molar-refractivity contribution in [2.24, 2.45) is 5.41 Å². The summed E-state index contributed by atoms with van der Waals surface area (Å²) in [5.41, 5.74) is 1.48. The molecule has 0 aromatic heterocycles. The van der Waals surface area contributed by atoms with Gasteiger partial charge in [0.2, 0.25) is 5.79 Å². The molecule has 27 heavy (non-hydrogen) atoms. The van der Waals surface area contributed by atoms with Crippen molar-refractivity contribution in [2.45, 2.75) is 42.6 Å². The number of benzene rings is 1. The van der Waals surface area contributed by atoms with Crippen molar-refractivity contribution in [3.05, 3.63) is 28.5 Å². The number of ether oxygens (including phenoxy) is 4. The summed E-state index contributed by atoms with van der Waals surface area (Å²) >= 11 is 6.72. The summed E-state index contributed by atoms with van der Waals surface area (Å²) in [6.45, 7) is 0.531. The van der Waals surface area contributed by atoms with Crippen LogP contribution in [0.3, 0.4) is 0 Å². The van der Waals surface area contributed by atoms with Crippen molar-refractivity contribution in [1.82, 2.24) is 0 Å². The number of methoxy groups -OCH3 is 3. The number of hydroxylamine groups is 3. The topological polar surface area (TPSA) is 60.0 Å². The van der Waals surface area contributed by atoms with E-state index in [-0.39, 0.29) is 16.8 Å². The molecule has 0 unspecified atom stereocenters. The third kappa shape index (κ3) is 1.74. The van der Waals surface area contributed by atoms with Crippen molar-refractivity contribution >= 4 is 11.6 Å². The Morgan fingerprint density at radius 2 is 2.04 bits per heavy atom. The van der Waals surface area contributed by atoms with E-state index >= 15 is 0 Å². The highest BCUT2D eigenvalue weighted by atomic mass is 35.5. The second-order valence-electron chi connectivity index (χ2n) is 8.65. The maximum Gasteiger partial charge on any atom is 0.207 e. The van der Waals surface area contributed by atoms with Gasteiger partial charge in [-0.1, -0.05) is 6.07 Å². The molecule has 7 heteroatoms. The normalized spacial score (nSPS) is 42.6. The number of hydrogen-bond acceptors (Lipinski definition) is 5. The first-order valence-electron chi connectivity index (χ1n) is 9.45. The lowest BCUT2D eigenvalue weighted by Gasteiger charge is -2.64. The number of alkyl halides is 1. The average Bonchev–Trinajstić information content (AvgIpc) is 3.15. The fourth-order valence-corrected chi connectivity index (χ4v) is 7.36. The molecule has 6 nitrogen and oxygen atoms in total. The highest BCUT2D eigenvalue weighted by Crippen LogP contribution is 2.74. The van der Waals surface area contributed by atoms with Crippen LogP contribution in [-0.2, 0) is 21.3 Å². The number of rotatable bonds is 4. The van der Waals surface area contributed by atoms with Gasteiger partial charge < -0.3 is 28.8 Å².